The molecule has 3 aromatic carbocycles. The Labute approximate surface area is 195 Å². The minimum atomic E-state index is -3.38. The summed E-state index contributed by atoms with van der Waals surface area (Å²) in [5.41, 5.74) is 3.45. The molecule has 33 heavy (non-hydrogen) atoms. The second-order valence-electron chi connectivity index (χ2n) is 8.77. The topological polar surface area (TPSA) is 92.3 Å². The average Bonchev–Trinajstić information content (AvgIpc) is 2.78. The van der Waals surface area contributed by atoms with Crippen LogP contribution in [0.1, 0.15) is 59.5 Å². The summed E-state index contributed by atoms with van der Waals surface area (Å²) in [6.07, 6.45) is 0. The number of sulfonamides is 1. The molecule has 0 saturated carbocycles. The zero-order valence-electron chi connectivity index (χ0n) is 19.2. The van der Waals surface area contributed by atoms with E-state index in [1.165, 1.54) is 24.3 Å². The van der Waals surface area contributed by atoms with Gasteiger partial charge >= 0.3 is 0 Å². The highest BCUT2D eigenvalue weighted by atomic mass is 32.2. The molecule has 0 spiro atoms. The van der Waals surface area contributed by atoms with Gasteiger partial charge in [0.1, 0.15) is 0 Å². The molecular weight excluding hydrogens is 436 g/mol. The molecule has 1 amide bonds. The van der Waals surface area contributed by atoms with Crippen molar-refractivity contribution < 1.29 is 18.0 Å². The second kappa shape index (κ2) is 9.58. The smallest absolute Gasteiger partial charge is 0.255 e. The monoisotopic (exact) mass is 464 g/mol. The molecule has 0 fully saturated rings. The van der Waals surface area contributed by atoms with Crippen LogP contribution in [0.2, 0.25) is 0 Å². The van der Waals surface area contributed by atoms with Gasteiger partial charge in [0, 0.05) is 28.1 Å². The maximum atomic E-state index is 12.9. The molecule has 0 bridgehead atoms. The highest BCUT2D eigenvalue weighted by Gasteiger charge is 2.16. The van der Waals surface area contributed by atoms with Crippen molar-refractivity contribution in [1.82, 2.24) is 0 Å². The number of hydrogen-bond acceptors (Lipinski definition) is 4. The van der Waals surface area contributed by atoms with E-state index in [1.54, 1.807) is 31.2 Å². The standard InChI is InChI=1S/C26H28N2O4S/c1-5-33(31,32)28-22-15-11-19(12-16-22)25(30)27-23-8-6-7-20(17-23)24(29)18-9-13-21(14-10-18)26(2,3)4/h6-17,28H,5H2,1-4H3,(H,27,30). The van der Waals surface area contributed by atoms with Gasteiger partial charge in [0.25, 0.3) is 5.91 Å². The van der Waals surface area contributed by atoms with Crippen molar-refractivity contribution in [1.29, 1.82) is 0 Å². The van der Waals surface area contributed by atoms with Crippen LogP contribution in [-0.4, -0.2) is 25.9 Å². The lowest BCUT2D eigenvalue weighted by molar-refractivity contribution is 0.102. The van der Waals surface area contributed by atoms with E-state index in [0.717, 1.165) is 5.56 Å². The number of carbonyl (C=O) groups is 2. The molecule has 3 aromatic rings. The van der Waals surface area contributed by atoms with Crippen LogP contribution in [0.4, 0.5) is 11.4 Å². The Hall–Kier alpha value is -3.45. The predicted octanol–water partition coefficient (Wildman–Crippen LogP) is 5.23. The maximum Gasteiger partial charge on any atom is 0.255 e. The Balaban J connectivity index is 1.72. The third-order valence-electron chi connectivity index (χ3n) is 5.20. The Morgan fingerprint density at radius 2 is 1.39 bits per heavy atom. The van der Waals surface area contributed by atoms with Gasteiger partial charge in [-0.2, -0.15) is 0 Å². The van der Waals surface area contributed by atoms with Gasteiger partial charge in [-0.05, 0) is 54.3 Å². The van der Waals surface area contributed by atoms with Gasteiger partial charge in [-0.15, -0.1) is 0 Å². The molecule has 0 aliphatic carbocycles. The summed E-state index contributed by atoms with van der Waals surface area (Å²) in [5, 5.41) is 2.78. The van der Waals surface area contributed by atoms with Gasteiger partial charge in [-0.1, -0.05) is 57.2 Å². The highest BCUT2D eigenvalue weighted by Crippen LogP contribution is 2.23. The van der Waals surface area contributed by atoms with Crippen LogP contribution < -0.4 is 10.0 Å². The first-order chi connectivity index (χ1) is 15.5. The summed E-state index contributed by atoms with van der Waals surface area (Å²) in [6, 6.07) is 20.5. The molecule has 172 valence electrons. The Morgan fingerprint density at radius 3 is 1.97 bits per heavy atom. The molecule has 0 aliphatic rings. The molecule has 2 N–H and O–H groups in total. The molecule has 0 atom stereocenters. The second-order valence-corrected chi connectivity index (χ2v) is 10.8. The molecule has 7 heteroatoms. The number of nitrogens with one attached hydrogen (secondary N) is 2. The van der Waals surface area contributed by atoms with Gasteiger partial charge in [0.15, 0.2) is 5.78 Å². The average molecular weight is 465 g/mol. The van der Waals surface area contributed by atoms with E-state index in [0.29, 0.717) is 28.1 Å². The van der Waals surface area contributed by atoms with Crippen LogP contribution in [-0.2, 0) is 15.4 Å². The van der Waals surface area contributed by atoms with Crippen molar-refractivity contribution in [2.45, 2.75) is 33.1 Å². The summed E-state index contributed by atoms with van der Waals surface area (Å²) < 4.78 is 25.8. The van der Waals surface area contributed by atoms with E-state index < -0.39 is 10.0 Å². The third-order valence-corrected chi connectivity index (χ3v) is 6.50. The van der Waals surface area contributed by atoms with Gasteiger partial charge in [0.05, 0.1) is 5.75 Å². The molecular formula is C26H28N2O4S. The largest absolute Gasteiger partial charge is 0.322 e. The SMILES string of the molecule is CCS(=O)(=O)Nc1ccc(C(=O)Nc2cccc(C(=O)c3ccc(C(C)(C)C)cc3)c2)cc1. The van der Waals surface area contributed by atoms with E-state index in [1.807, 2.05) is 24.3 Å². The summed E-state index contributed by atoms with van der Waals surface area (Å²) in [5.74, 6) is -0.525. The number of benzene rings is 3. The summed E-state index contributed by atoms with van der Waals surface area (Å²) in [4.78, 5) is 25.5. The van der Waals surface area contributed by atoms with Crippen LogP contribution in [0, 0.1) is 0 Å². The van der Waals surface area contributed by atoms with Crippen LogP contribution in [0.5, 0.6) is 0 Å². The van der Waals surface area contributed by atoms with Gasteiger partial charge in [0.2, 0.25) is 10.0 Å². The first kappa shape index (κ1) is 24.2. The van der Waals surface area contributed by atoms with Crippen molar-refractivity contribution in [3.8, 4) is 0 Å². The van der Waals surface area contributed by atoms with Crippen molar-refractivity contribution in [3.63, 3.8) is 0 Å². The van der Waals surface area contributed by atoms with Crippen LogP contribution >= 0.6 is 0 Å². The van der Waals surface area contributed by atoms with E-state index in [4.69, 9.17) is 0 Å². The summed E-state index contributed by atoms with van der Waals surface area (Å²) in [6.45, 7) is 7.90. The molecule has 6 nitrogen and oxygen atoms in total. The van der Waals surface area contributed by atoms with Crippen LogP contribution in [0.15, 0.2) is 72.8 Å². The van der Waals surface area contributed by atoms with E-state index in [-0.39, 0.29) is 22.9 Å². The van der Waals surface area contributed by atoms with Crippen molar-refractivity contribution in [3.05, 3.63) is 95.1 Å². The van der Waals surface area contributed by atoms with Crippen LogP contribution in [0.3, 0.4) is 0 Å². The van der Waals surface area contributed by atoms with Crippen molar-refractivity contribution in [2.24, 2.45) is 0 Å². The van der Waals surface area contributed by atoms with E-state index in [2.05, 4.69) is 30.8 Å². The number of rotatable bonds is 7. The molecule has 0 unspecified atom stereocenters. The van der Waals surface area contributed by atoms with Crippen molar-refractivity contribution in [2.75, 3.05) is 15.8 Å². The lowest BCUT2D eigenvalue weighted by Gasteiger charge is -2.19. The number of carbonyl (C=O) groups excluding carboxylic acids is 2. The number of ketones is 1. The van der Waals surface area contributed by atoms with E-state index >= 15 is 0 Å². The molecule has 3 rings (SSSR count). The fourth-order valence-electron chi connectivity index (χ4n) is 3.17. The highest BCUT2D eigenvalue weighted by molar-refractivity contribution is 7.92. The first-order valence-electron chi connectivity index (χ1n) is 10.7. The number of amides is 1. The fraction of sp³-hybridized carbons (Fsp3) is 0.231. The minimum absolute atomic E-state index is 0.00426. The number of hydrogen-bond donors (Lipinski definition) is 2. The molecule has 0 aliphatic heterocycles. The fourth-order valence-corrected chi connectivity index (χ4v) is 3.81. The molecule has 0 saturated heterocycles. The first-order valence-corrected chi connectivity index (χ1v) is 12.3. The Kier molecular flexibility index (Phi) is 7.03. The minimum Gasteiger partial charge on any atom is -0.322 e. The van der Waals surface area contributed by atoms with E-state index in [9.17, 15) is 18.0 Å². The molecule has 0 heterocycles. The Morgan fingerprint density at radius 1 is 0.788 bits per heavy atom. The maximum absolute atomic E-state index is 12.9. The lowest BCUT2D eigenvalue weighted by atomic mass is 9.86. The normalized spacial score (nSPS) is 11.6. The predicted molar refractivity (Wildman–Crippen MR) is 132 cm³/mol. The van der Waals surface area contributed by atoms with Gasteiger partial charge < -0.3 is 5.32 Å². The zero-order chi connectivity index (χ0) is 24.2. The lowest BCUT2D eigenvalue weighted by Crippen LogP contribution is -2.15. The van der Waals surface area contributed by atoms with Gasteiger partial charge in [-0.25, -0.2) is 8.42 Å². The number of anilines is 2. The van der Waals surface area contributed by atoms with Gasteiger partial charge in [-0.3, -0.25) is 14.3 Å². The van der Waals surface area contributed by atoms with Crippen LogP contribution in [0.25, 0.3) is 0 Å². The third kappa shape index (κ3) is 6.29. The molecule has 0 aromatic heterocycles. The summed E-state index contributed by atoms with van der Waals surface area (Å²) >= 11 is 0. The van der Waals surface area contributed by atoms with Crippen molar-refractivity contribution >= 4 is 33.1 Å². The quantitative estimate of drug-likeness (QED) is 0.468. The Bertz CT molecular complexity index is 1260. The zero-order valence-corrected chi connectivity index (χ0v) is 20.0. The molecule has 0 radical (unpaired) electrons. The summed E-state index contributed by atoms with van der Waals surface area (Å²) in [7, 11) is -3.38.